The summed E-state index contributed by atoms with van der Waals surface area (Å²) in [6, 6.07) is 6.96. The molecule has 7 N–H and O–H groups in total. The molecule has 7 atom stereocenters. The lowest BCUT2D eigenvalue weighted by molar-refractivity contribution is -0.186. The Morgan fingerprint density at radius 1 is 1.18 bits per heavy atom. The molecule has 2 fully saturated rings. The number of carbonyl (C=O) groups excluding carboxylic acids is 3. The minimum Gasteiger partial charge on any atom is -0.507 e. The van der Waals surface area contributed by atoms with Gasteiger partial charge in [-0.15, -0.1) is 11.3 Å². The van der Waals surface area contributed by atoms with Crippen molar-refractivity contribution in [1.29, 1.82) is 0 Å². The molecule has 0 aliphatic heterocycles. The van der Waals surface area contributed by atoms with Crippen LogP contribution in [0.2, 0.25) is 0 Å². The number of aliphatic hydroxyl groups is 4. The van der Waals surface area contributed by atoms with E-state index >= 15 is 0 Å². The van der Waals surface area contributed by atoms with E-state index in [9.17, 15) is 39.9 Å². The van der Waals surface area contributed by atoms with Gasteiger partial charge in [0.05, 0.1) is 17.8 Å². The number of ketones is 2. The van der Waals surface area contributed by atoms with Crippen molar-refractivity contribution in [2.45, 2.75) is 37.1 Å². The number of aliphatic hydroxyl groups excluding tert-OH is 3. The number of fused-ring (bicyclic) bond motifs is 3. The normalized spacial score (nSPS) is 34.9. The lowest BCUT2D eigenvalue weighted by atomic mass is 9.53. The number of phenols is 1. The van der Waals surface area contributed by atoms with Crippen molar-refractivity contribution < 1.29 is 39.9 Å². The fourth-order valence-corrected chi connectivity index (χ4v) is 6.68. The second-order valence-corrected chi connectivity index (χ2v) is 10.2. The second-order valence-electron chi connectivity index (χ2n) is 9.22. The van der Waals surface area contributed by atoms with Crippen LogP contribution < -0.4 is 5.73 Å². The molecular weight excluding hydrogens is 462 g/mol. The molecule has 34 heavy (non-hydrogen) atoms. The van der Waals surface area contributed by atoms with Gasteiger partial charge in [0.1, 0.15) is 17.4 Å². The Bertz CT molecular complexity index is 1270. The maximum atomic E-state index is 13.6. The Labute approximate surface area is 197 Å². The first-order valence-corrected chi connectivity index (χ1v) is 11.7. The van der Waals surface area contributed by atoms with Gasteiger partial charge in [-0.3, -0.25) is 14.4 Å². The second kappa shape index (κ2) is 7.47. The minimum atomic E-state index is -2.85. The third-order valence-electron chi connectivity index (χ3n) is 7.60. The number of primary amides is 1. The van der Waals surface area contributed by atoms with Gasteiger partial charge in [-0.05, 0) is 35.4 Å². The Hall–Kier alpha value is -3.05. The Morgan fingerprint density at radius 2 is 1.88 bits per heavy atom. The molecule has 9 nitrogen and oxygen atoms in total. The number of hydrogen-bond donors (Lipinski definition) is 6. The van der Waals surface area contributed by atoms with Crippen LogP contribution >= 0.6 is 11.3 Å². The smallest absolute Gasteiger partial charge is 0.230 e. The largest absolute Gasteiger partial charge is 0.507 e. The van der Waals surface area contributed by atoms with Gasteiger partial charge < -0.3 is 31.3 Å². The van der Waals surface area contributed by atoms with Crippen LogP contribution in [0.4, 0.5) is 0 Å². The van der Waals surface area contributed by atoms with Gasteiger partial charge in [0, 0.05) is 27.8 Å². The average molecular weight is 486 g/mol. The van der Waals surface area contributed by atoms with Crippen molar-refractivity contribution in [3.8, 4) is 16.2 Å². The fourth-order valence-electron chi connectivity index (χ4n) is 5.93. The number of nitrogens with two attached hydrogens (primary N) is 1. The van der Waals surface area contributed by atoms with E-state index in [2.05, 4.69) is 0 Å². The van der Waals surface area contributed by atoms with Gasteiger partial charge in [-0.2, -0.15) is 0 Å². The SMILES string of the molecule is C[C@H]1c2ccc(-c3cccs3)c(O)c2C(O)=C2C(=O)[C@]3(O)C(=O)C(C(N)=O)C(O)C[C@@H]3[C@@H](O)[C@@H]21. The molecule has 2 saturated carbocycles. The molecule has 10 heteroatoms. The molecule has 1 heterocycles. The third kappa shape index (κ3) is 2.73. The van der Waals surface area contributed by atoms with Crippen molar-refractivity contribution in [3.05, 3.63) is 46.3 Å². The first-order valence-electron chi connectivity index (χ1n) is 10.8. The van der Waals surface area contributed by atoms with Gasteiger partial charge in [-0.1, -0.05) is 19.1 Å². The van der Waals surface area contributed by atoms with Gasteiger partial charge in [0.2, 0.25) is 11.7 Å². The zero-order chi connectivity index (χ0) is 24.7. The van der Waals surface area contributed by atoms with Crippen molar-refractivity contribution in [2.24, 2.45) is 23.5 Å². The predicted molar refractivity (Wildman–Crippen MR) is 121 cm³/mol. The number of phenolic OH excluding ortho intramolecular Hbond substituents is 1. The number of aromatic hydroxyl groups is 1. The highest BCUT2D eigenvalue weighted by atomic mass is 32.1. The van der Waals surface area contributed by atoms with Crippen molar-refractivity contribution >= 4 is 34.6 Å². The van der Waals surface area contributed by atoms with Crippen LogP contribution in [0.1, 0.15) is 30.4 Å². The van der Waals surface area contributed by atoms with Gasteiger partial charge in [0.15, 0.2) is 11.4 Å². The van der Waals surface area contributed by atoms with Gasteiger partial charge >= 0.3 is 0 Å². The van der Waals surface area contributed by atoms with Crippen molar-refractivity contribution in [2.75, 3.05) is 0 Å². The van der Waals surface area contributed by atoms with Crippen molar-refractivity contribution in [1.82, 2.24) is 0 Å². The summed E-state index contributed by atoms with van der Waals surface area (Å²) in [4.78, 5) is 39.2. The molecule has 3 aliphatic carbocycles. The molecule has 0 radical (unpaired) electrons. The average Bonchev–Trinajstić information content (AvgIpc) is 3.31. The zero-order valence-corrected chi connectivity index (χ0v) is 18.8. The van der Waals surface area contributed by atoms with E-state index in [1.54, 1.807) is 31.2 Å². The van der Waals surface area contributed by atoms with Crippen LogP contribution in [0.15, 0.2) is 35.2 Å². The molecular formula is C24H23NO8S. The summed E-state index contributed by atoms with van der Waals surface area (Å²) in [5.41, 5.74) is 2.90. The van der Waals surface area contributed by atoms with E-state index in [0.29, 0.717) is 11.1 Å². The van der Waals surface area contributed by atoms with E-state index in [1.807, 2.05) is 5.38 Å². The quantitative estimate of drug-likeness (QED) is 0.339. The molecule has 1 amide bonds. The standard InChI is InChI=1S/C24H23NO8S/c1-8-9-4-5-10(13-3-2-6-34-13)18(27)15(9)20(29)17-14(8)19(28)11-7-12(26)16(23(25)32)21(30)24(11,33)22(17)31/h2-6,8,11-12,14,16,19,26-29,33H,7H2,1H3,(H2,25,32)/t8-,11+,12?,14+,16?,19+,24+/m0/s1. The summed E-state index contributed by atoms with van der Waals surface area (Å²) in [5, 5.41) is 57.0. The number of thiophene rings is 1. The number of amides is 1. The first-order chi connectivity index (χ1) is 16.0. The lowest BCUT2D eigenvalue weighted by Gasteiger charge is -2.52. The topological polar surface area (TPSA) is 178 Å². The monoisotopic (exact) mass is 485 g/mol. The molecule has 1 aromatic carbocycles. The highest BCUT2D eigenvalue weighted by Gasteiger charge is 2.67. The molecule has 2 unspecified atom stereocenters. The number of rotatable bonds is 2. The maximum absolute atomic E-state index is 13.6. The van der Waals surface area contributed by atoms with E-state index in [1.165, 1.54) is 11.3 Å². The summed E-state index contributed by atoms with van der Waals surface area (Å²) >= 11 is 1.37. The lowest BCUT2D eigenvalue weighted by Crippen LogP contribution is -2.70. The number of Topliss-reactive ketones (excluding diaryl/α,β-unsaturated/α-hetero) is 2. The fraction of sp³-hybridized carbons (Fsp3) is 0.375. The molecule has 5 rings (SSSR count). The Balaban J connectivity index is 1.72. The summed E-state index contributed by atoms with van der Waals surface area (Å²) in [7, 11) is 0. The number of carbonyl (C=O) groups is 3. The van der Waals surface area contributed by atoms with E-state index in [0.717, 1.165) is 4.88 Å². The summed E-state index contributed by atoms with van der Waals surface area (Å²) < 4.78 is 0. The van der Waals surface area contributed by atoms with E-state index in [-0.39, 0.29) is 11.3 Å². The maximum Gasteiger partial charge on any atom is 0.230 e. The Morgan fingerprint density at radius 3 is 2.50 bits per heavy atom. The molecule has 0 saturated heterocycles. The van der Waals surface area contributed by atoms with Crippen LogP contribution in [-0.4, -0.2) is 60.8 Å². The number of hydrogen-bond acceptors (Lipinski definition) is 9. The third-order valence-corrected chi connectivity index (χ3v) is 8.51. The van der Waals surface area contributed by atoms with Gasteiger partial charge in [-0.25, -0.2) is 0 Å². The van der Waals surface area contributed by atoms with E-state index in [4.69, 9.17) is 5.73 Å². The zero-order valence-electron chi connectivity index (χ0n) is 18.0. The predicted octanol–water partition coefficient (Wildman–Crippen LogP) is 0.849. The molecule has 1 aromatic heterocycles. The molecule has 178 valence electrons. The van der Waals surface area contributed by atoms with Crippen LogP contribution in [0, 0.1) is 17.8 Å². The van der Waals surface area contributed by atoms with Crippen molar-refractivity contribution in [3.63, 3.8) is 0 Å². The minimum absolute atomic E-state index is 0.0120. The molecule has 0 spiro atoms. The van der Waals surface area contributed by atoms with Crippen LogP contribution in [0.25, 0.3) is 16.2 Å². The number of benzene rings is 1. The summed E-state index contributed by atoms with van der Waals surface area (Å²) in [6.45, 7) is 1.70. The highest BCUT2D eigenvalue weighted by Crippen LogP contribution is 2.56. The van der Waals surface area contributed by atoms with Crippen LogP contribution in [0.5, 0.6) is 5.75 Å². The van der Waals surface area contributed by atoms with Crippen LogP contribution in [0.3, 0.4) is 0 Å². The summed E-state index contributed by atoms with van der Waals surface area (Å²) in [6.07, 6.45) is -3.48. The molecule has 2 aromatic rings. The summed E-state index contributed by atoms with van der Waals surface area (Å²) in [5.74, 6) is -9.41. The first kappa shape index (κ1) is 22.7. The van der Waals surface area contributed by atoms with Crippen LogP contribution in [-0.2, 0) is 14.4 Å². The molecule has 0 bridgehead atoms. The Kier molecular flexibility index (Phi) is 5.00. The highest BCUT2D eigenvalue weighted by molar-refractivity contribution is 7.13. The van der Waals surface area contributed by atoms with E-state index < -0.39 is 76.7 Å². The molecule has 3 aliphatic rings. The van der Waals surface area contributed by atoms with Gasteiger partial charge in [0.25, 0.3) is 0 Å².